The van der Waals surface area contributed by atoms with Crippen molar-refractivity contribution in [2.24, 2.45) is 5.73 Å². The summed E-state index contributed by atoms with van der Waals surface area (Å²) in [7, 11) is 0. The molecule has 2 heteroatoms. The fraction of sp³-hybridized carbons (Fsp3) is 0.0769. The van der Waals surface area contributed by atoms with Crippen molar-refractivity contribution in [2.45, 2.75) is 6.04 Å². The van der Waals surface area contributed by atoms with Gasteiger partial charge in [-0.15, -0.1) is 0 Å². The van der Waals surface area contributed by atoms with E-state index in [9.17, 15) is 0 Å². The highest BCUT2D eigenvalue weighted by atomic mass is 35.5. The summed E-state index contributed by atoms with van der Waals surface area (Å²) in [6, 6.07) is 14.1. The van der Waals surface area contributed by atoms with E-state index in [2.05, 4.69) is 12.1 Å². The molecule has 2 N–H and O–H groups in total. The van der Waals surface area contributed by atoms with Gasteiger partial charge in [-0.25, -0.2) is 0 Å². The van der Waals surface area contributed by atoms with Crippen molar-refractivity contribution in [3.05, 3.63) is 58.6 Å². The fourth-order valence-corrected chi connectivity index (χ4v) is 2.39. The Bertz CT molecular complexity index is 534. The SMILES string of the molecule is NC1c2ccccc2-c2cc(Cl)ccc21. The van der Waals surface area contributed by atoms with Crippen LogP contribution in [0.2, 0.25) is 5.02 Å². The van der Waals surface area contributed by atoms with Crippen LogP contribution >= 0.6 is 11.6 Å². The van der Waals surface area contributed by atoms with Gasteiger partial charge in [0, 0.05) is 5.02 Å². The zero-order valence-corrected chi connectivity index (χ0v) is 8.83. The number of benzene rings is 2. The van der Waals surface area contributed by atoms with Gasteiger partial charge in [-0.3, -0.25) is 0 Å². The van der Waals surface area contributed by atoms with Gasteiger partial charge in [0.1, 0.15) is 0 Å². The quantitative estimate of drug-likeness (QED) is 0.717. The van der Waals surface area contributed by atoms with Crippen LogP contribution in [0.4, 0.5) is 0 Å². The molecule has 2 aromatic rings. The summed E-state index contributed by atoms with van der Waals surface area (Å²) in [5.41, 5.74) is 10.9. The monoisotopic (exact) mass is 215 g/mol. The van der Waals surface area contributed by atoms with Crippen LogP contribution in [0.25, 0.3) is 11.1 Å². The predicted molar refractivity (Wildman–Crippen MR) is 62.9 cm³/mol. The van der Waals surface area contributed by atoms with Crippen LogP contribution in [0.15, 0.2) is 42.5 Å². The van der Waals surface area contributed by atoms with Crippen LogP contribution < -0.4 is 5.73 Å². The molecule has 3 rings (SSSR count). The maximum atomic E-state index is 6.16. The summed E-state index contributed by atoms with van der Waals surface area (Å²) in [6.45, 7) is 0. The summed E-state index contributed by atoms with van der Waals surface area (Å²) >= 11 is 6.00. The lowest BCUT2D eigenvalue weighted by Gasteiger charge is -2.05. The number of fused-ring (bicyclic) bond motifs is 3. The standard InChI is InChI=1S/C13H10ClN/c14-8-5-6-11-12(7-8)9-3-1-2-4-10(9)13(11)15/h1-7,13H,15H2. The van der Waals surface area contributed by atoms with Gasteiger partial charge in [0.2, 0.25) is 0 Å². The summed E-state index contributed by atoms with van der Waals surface area (Å²) in [5, 5.41) is 0.762. The van der Waals surface area contributed by atoms with E-state index < -0.39 is 0 Å². The van der Waals surface area contributed by atoms with Crippen LogP contribution in [-0.4, -0.2) is 0 Å². The second kappa shape index (κ2) is 3.09. The third-order valence-electron chi connectivity index (χ3n) is 2.94. The summed E-state index contributed by atoms with van der Waals surface area (Å²) in [6.07, 6.45) is 0. The molecule has 74 valence electrons. The first-order valence-electron chi connectivity index (χ1n) is 4.92. The lowest BCUT2D eigenvalue weighted by molar-refractivity contribution is 0.901. The number of halogens is 1. The molecule has 0 bridgehead atoms. The molecule has 2 aromatic carbocycles. The van der Waals surface area contributed by atoms with E-state index in [4.69, 9.17) is 17.3 Å². The molecule has 0 aliphatic heterocycles. The third kappa shape index (κ3) is 1.21. The highest BCUT2D eigenvalue weighted by Crippen LogP contribution is 2.42. The molecule has 0 saturated heterocycles. The lowest BCUT2D eigenvalue weighted by atomic mass is 10.1. The Morgan fingerprint density at radius 2 is 1.67 bits per heavy atom. The van der Waals surface area contributed by atoms with Gasteiger partial charge in [0.05, 0.1) is 6.04 Å². The number of rotatable bonds is 0. The van der Waals surface area contributed by atoms with Gasteiger partial charge in [0.25, 0.3) is 0 Å². The molecule has 0 amide bonds. The zero-order chi connectivity index (χ0) is 10.4. The Morgan fingerprint density at radius 1 is 0.933 bits per heavy atom. The van der Waals surface area contributed by atoms with Gasteiger partial charge < -0.3 is 5.73 Å². The van der Waals surface area contributed by atoms with E-state index in [0.717, 1.165) is 5.02 Å². The minimum atomic E-state index is -0.00605. The van der Waals surface area contributed by atoms with Crippen LogP contribution in [0.5, 0.6) is 0 Å². The van der Waals surface area contributed by atoms with Crippen LogP contribution in [0.3, 0.4) is 0 Å². The topological polar surface area (TPSA) is 26.0 Å². The Hall–Kier alpha value is -1.31. The Morgan fingerprint density at radius 3 is 2.53 bits per heavy atom. The molecule has 1 unspecified atom stereocenters. The molecule has 1 aliphatic carbocycles. The Labute approximate surface area is 93.5 Å². The van der Waals surface area contributed by atoms with E-state index in [-0.39, 0.29) is 6.04 Å². The fourth-order valence-electron chi connectivity index (χ4n) is 2.21. The van der Waals surface area contributed by atoms with Crippen molar-refractivity contribution in [3.8, 4) is 11.1 Å². The molecule has 0 aromatic heterocycles. The number of nitrogens with two attached hydrogens (primary N) is 1. The third-order valence-corrected chi connectivity index (χ3v) is 3.17. The highest BCUT2D eigenvalue weighted by Gasteiger charge is 2.24. The molecule has 1 atom stereocenters. The first-order valence-corrected chi connectivity index (χ1v) is 5.29. The number of hydrogen-bond donors (Lipinski definition) is 1. The summed E-state index contributed by atoms with van der Waals surface area (Å²) in [4.78, 5) is 0. The van der Waals surface area contributed by atoms with E-state index in [0.29, 0.717) is 0 Å². The minimum absolute atomic E-state index is 0.00605. The molecular weight excluding hydrogens is 206 g/mol. The van der Waals surface area contributed by atoms with Crippen molar-refractivity contribution in [1.82, 2.24) is 0 Å². The molecular formula is C13H10ClN. The van der Waals surface area contributed by atoms with Gasteiger partial charge >= 0.3 is 0 Å². The Balaban J connectivity index is 2.34. The van der Waals surface area contributed by atoms with Gasteiger partial charge in [0.15, 0.2) is 0 Å². The van der Waals surface area contributed by atoms with Crippen molar-refractivity contribution < 1.29 is 0 Å². The van der Waals surface area contributed by atoms with E-state index in [1.807, 2.05) is 30.3 Å². The molecule has 0 fully saturated rings. The van der Waals surface area contributed by atoms with E-state index >= 15 is 0 Å². The average Bonchev–Trinajstić information content (AvgIpc) is 2.54. The molecule has 0 spiro atoms. The zero-order valence-electron chi connectivity index (χ0n) is 8.07. The minimum Gasteiger partial charge on any atom is -0.320 e. The first-order chi connectivity index (χ1) is 7.27. The highest BCUT2D eigenvalue weighted by molar-refractivity contribution is 6.31. The summed E-state index contributed by atoms with van der Waals surface area (Å²) in [5.74, 6) is 0. The predicted octanol–water partition coefficient (Wildman–Crippen LogP) is 3.37. The molecule has 15 heavy (non-hydrogen) atoms. The molecule has 1 nitrogen and oxygen atoms in total. The van der Waals surface area contributed by atoms with Crippen LogP contribution in [-0.2, 0) is 0 Å². The normalized spacial score (nSPS) is 17.3. The molecule has 0 heterocycles. The van der Waals surface area contributed by atoms with E-state index in [1.54, 1.807) is 0 Å². The van der Waals surface area contributed by atoms with Crippen molar-refractivity contribution in [3.63, 3.8) is 0 Å². The summed E-state index contributed by atoms with van der Waals surface area (Å²) < 4.78 is 0. The second-order valence-electron chi connectivity index (χ2n) is 3.80. The molecule has 1 aliphatic rings. The van der Waals surface area contributed by atoms with Gasteiger partial charge in [-0.2, -0.15) is 0 Å². The van der Waals surface area contributed by atoms with Crippen molar-refractivity contribution in [1.29, 1.82) is 0 Å². The van der Waals surface area contributed by atoms with Gasteiger partial charge in [-0.05, 0) is 34.4 Å². The maximum absolute atomic E-state index is 6.16. The van der Waals surface area contributed by atoms with Crippen LogP contribution in [0.1, 0.15) is 17.2 Å². The second-order valence-corrected chi connectivity index (χ2v) is 4.23. The van der Waals surface area contributed by atoms with Gasteiger partial charge in [-0.1, -0.05) is 41.9 Å². The average molecular weight is 216 g/mol. The lowest BCUT2D eigenvalue weighted by Crippen LogP contribution is -2.07. The number of hydrogen-bond acceptors (Lipinski definition) is 1. The largest absolute Gasteiger partial charge is 0.320 e. The molecule has 0 radical (unpaired) electrons. The smallest absolute Gasteiger partial charge is 0.0563 e. The van der Waals surface area contributed by atoms with Crippen molar-refractivity contribution in [2.75, 3.05) is 0 Å². The van der Waals surface area contributed by atoms with Crippen molar-refractivity contribution >= 4 is 11.6 Å². The molecule has 0 saturated carbocycles. The Kier molecular flexibility index (Phi) is 1.84. The van der Waals surface area contributed by atoms with E-state index in [1.165, 1.54) is 22.3 Å². The maximum Gasteiger partial charge on any atom is 0.0563 e. The van der Waals surface area contributed by atoms with Crippen LogP contribution in [0, 0.1) is 0 Å². The first kappa shape index (κ1) is 8.96.